The first kappa shape index (κ1) is 15.2. The molecule has 0 heterocycles. The van der Waals surface area contributed by atoms with Crippen LogP contribution in [0.2, 0.25) is 10.0 Å². The summed E-state index contributed by atoms with van der Waals surface area (Å²) in [5, 5.41) is 3.52. The highest BCUT2D eigenvalue weighted by molar-refractivity contribution is 6.31. The second kappa shape index (κ2) is 6.53. The maximum absolute atomic E-state index is 14.0. The number of hydrogen-bond acceptors (Lipinski definition) is 1. The molecule has 0 amide bonds. The molecule has 2 aromatic carbocycles. The van der Waals surface area contributed by atoms with E-state index in [9.17, 15) is 8.78 Å². The van der Waals surface area contributed by atoms with Gasteiger partial charge in [0.05, 0.1) is 5.02 Å². The highest BCUT2D eigenvalue weighted by atomic mass is 35.5. The van der Waals surface area contributed by atoms with Crippen LogP contribution in [0.3, 0.4) is 0 Å². The van der Waals surface area contributed by atoms with Crippen LogP contribution in [-0.2, 0) is 6.42 Å². The lowest BCUT2D eigenvalue weighted by molar-refractivity contribution is 0.532. The van der Waals surface area contributed by atoms with Crippen LogP contribution in [0.4, 0.5) is 8.78 Å². The van der Waals surface area contributed by atoms with Crippen LogP contribution < -0.4 is 5.32 Å². The molecule has 106 valence electrons. The summed E-state index contributed by atoms with van der Waals surface area (Å²) < 4.78 is 27.3. The summed E-state index contributed by atoms with van der Waals surface area (Å²) in [7, 11) is 1.71. The van der Waals surface area contributed by atoms with Crippen LogP contribution in [0, 0.1) is 11.6 Å². The van der Waals surface area contributed by atoms with Gasteiger partial charge in [-0.15, -0.1) is 0 Å². The van der Waals surface area contributed by atoms with Crippen LogP contribution >= 0.6 is 23.2 Å². The molecule has 0 spiro atoms. The lowest BCUT2D eigenvalue weighted by Gasteiger charge is -2.18. The lowest BCUT2D eigenvalue weighted by Crippen LogP contribution is -2.20. The van der Waals surface area contributed by atoms with Crippen molar-refractivity contribution in [3.05, 3.63) is 69.2 Å². The first-order valence-electron chi connectivity index (χ1n) is 6.08. The van der Waals surface area contributed by atoms with Crippen molar-refractivity contribution in [1.29, 1.82) is 0 Å². The van der Waals surface area contributed by atoms with E-state index in [1.54, 1.807) is 19.2 Å². The van der Waals surface area contributed by atoms with Crippen LogP contribution in [0.15, 0.2) is 36.4 Å². The van der Waals surface area contributed by atoms with Crippen molar-refractivity contribution in [2.75, 3.05) is 7.05 Å². The molecule has 0 aromatic heterocycles. The molecule has 0 bridgehead atoms. The summed E-state index contributed by atoms with van der Waals surface area (Å²) in [6.45, 7) is 0. The fourth-order valence-electron chi connectivity index (χ4n) is 2.08. The molecule has 1 N–H and O–H groups in total. The van der Waals surface area contributed by atoms with E-state index in [1.807, 2.05) is 0 Å². The third-order valence-corrected chi connectivity index (χ3v) is 3.80. The monoisotopic (exact) mass is 315 g/mol. The molecule has 0 saturated heterocycles. The zero-order valence-electron chi connectivity index (χ0n) is 10.8. The highest BCUT2D eigenvalue weighted by Gasteiger charge is 2.18. The van der Waals surface area contributed by atoms with Gasteiger partial charge < -0.3 is 5.32 Å². The third-order valence-electron chi connectivity index (χ3n) is 3.14. The smallest absolute Gasteiger partial charge is 0.146 e. The summed E-state index contributed by atoms with van der Waals surface area (Å²) in [4.78, 5) is 0. The standard InChI is InChI=1S/C15H13Cl2F2N/c1-20-14(11-3-2-4-13(17)15(11)19)8-9-7-10(18)5-6-12(9)16/h2-7,14,20H,8H2,1H3. The Kier molecular flexibility index (Phi) is 4.97. The number of rotatable bonds is 4. The van der Waals surface area contributed by atoms with E-state index in [0.717, 1.165) is 0 Å². The van der Waals surface area contributed by atoms with Crippen LogP contribution in [0.25, 0.3) is 0 Å². The van der Waals surface area contributed by atoms with Gasteiger partial charge in [-0.2, -0.15) is 0 Å². The average molecular weight is 316 g/mol. The molecule has 0 aliphatic heterocycles. The minimum absolute atomic E-state index is 0.0630. The maximum atomic E-state index is 14.0. The molecular weight excluding hydrogens is 303 g/mol. The SMILES string of the molecule is CNC(Cc1cc(F)ccc1Cl)c1cccc(Cl)c1F. The first-order chi connectivity index (χ1) is 9.52. The van der Waals surface area contributed by atoms with Gasteiger partial charge in [0, 0.05) is 16.6 Å². The van der Waals surface area contributed by atoms with E-state index in [0.29, 0.717) is 22.6 Å². The van der Waals surface area contributed by atoms with E-state index in [4.69, 9.17) is 23.2 Å². The van der Waals surface area contributed by atoms with Gasteiger partial charge in [0.15, 0.2) is 0 Å². The fraction of sp³-hybridized carbons (Fsp3) is 0.200. The molecule has 2 rings (SSSR count). The molecule has 2 aromatic rings. The lowest BCUT2D eigenvalue weighted by atomic mass is 9.98. The quantitative estimate of drug-likeness (QED) is 0.856. The Bertz CT molecular complexity index is 617. The van der Waals surface area contributed by atoms with Crippen molar-refractivity contribution in [2.24, 2.45) is 0 Å². The Hall–Kier alpha value is -1.16. The number of benzene rings is 2. The predicted octanol–water partition coefficient (Wildman–Crippen LogP) is 4.77. The summed E-state index contributed by atoms with van der Waals surface area (Å²) in [6.07, 6.45) is 0.365. The Morgan fingerprint density at radius 3 is 2.55 bits per heavy atom. The second-order valence-corrected chi connectivity index (χ2v) is 5.24. The summed E-state index contributed by atoms with van der Waals surface area (Å²) in [5.41, 5.74) is 1.05. The topological polar surface area (TPSA) is 12.0 Å². The molecule has 0 saturated carbocycles. The molecule has 1 unspecified atom stereocenters. The van der Waals surface area contributed by atoms with Gasteiger partial charge in [-0.1, -0.05) is 35.3 Å². The van der Waals surface area contributed by atoms with Crippen LogP contribution in [0.5, 0.6) is 0 Å². The summed E-state index contributed by atoms with van der Waals surface area (Å²) in [5.74, 6) is -0.841. The Morgan fingerprint density at radius 2 is 1.85 bits per heavy atom. The van der Waals surface area contributed by atoms with Gasteiger partial charge in [-0.25, -0.2) is 8.78 Å². The third kappa shape index (κ3) is 3.29. The van der Waals surface area contributed by atoms with E-state index in [2.05, 4.69) is 5.32 Å². The molecule has 5 heteroatoms. The molecule has 0 aliphatic rings. The molecule has 0 aliphatic carbocycles. The number of hydrogen-bond donors (Lipinski definition) is 1. The number of likely N-dealkylation sites (N-methyl/N-ethyl adjacent to an activating group) is 1. The van der Waals surface area contributed by atoms with Crippen molar-refractivity contribution >= 4 is 23.2 Å². The van der Waals surface area contributed by atoms with Gasteiger partial charge in [0.25, 0.3) is 0 Å². The molecule has 20 heavy (non-hydrogen) atoms. The van der Waals surface area contributed by atoms with Crippen molar-refractivity contribution in [1.82, 2.24) is 5.32 Å². The van der Waals surface area contributed by atoms with Gasteiger partial charge >= 0.3 is 0 Å². The molecule has 1 atom stereocenters. The average Bonchev–Trinajstić information content (AvgIpc) is 2.43. The second-order valence-electron chi connectivity index (χ2n) is 4.42. The van der Waals surface area contributed by atoms with Crippen LogP contribution in [0.1, 0.15) is 17.2 Å². The van der Waals surface area contributed by atoms with E-state index >= 15 is 0 Å². The van der Waals surface area contributed by atoms with Crippen molar-refractivity contribution in [3.8, 4) is 0 Å². The van der Waals surface area contributed by atoms with E-state index in [1.165, 1.54) is 24.3 Å². The Balaban J connectivity index is 2.34. The van der Waals surface area contributed by atoms with Crippen molar-refractivity contribution in [3.63, 3.8) is 0 Å². The summed E-state index contributed by atoms with van der Waals surface area (Å²) in [6, 6.07) is 8.62. The number of nitrogens with one attached hydrogen (secondary N) is 1. The minimum atomic E-state index is -0.471. The minimum Gasteiger partial charge on any atom is -0.313 e. The van der Waals surface area contributed by atoms with E-state index < -0.39 is 5.82 Å². The largest absolute Gasteiger partial charge is 0.313 e. The zero-order valence-corrected chi connectivity index (χ0v) is 12.3. The Labute approximate surface area is 126 Å². The van der Waals surface area contributed by atoms with Gasteiger partial charge in [0.1, 0.15) is 11.6 Å². The van der Waals surface area contributed by atoms with Gasteiger partial charge in [-0.3, -0.25) is 0 Å². The van der Waals surface area contributed by atoms with Gasteiger partial charge in [-0.05, 0) is 43.3 Å². The van der Waals surface area contributed by atoms with E-state index in [-0.39, 0.29) is 16.9 Å². The van der Waals surface area contributed by atoms with Gasteiger partial charge in [0.2, 0.25) is 0 Å². The molecule has 1 nitrogen and oxygen atoms in total. The normalized spacial score (nSPS) is 12.4. The predicted molar refractivity (Wildman–Crippen MR) is 78.3 cm³/mol. The first-order valence-corrected chi connectivity index (χ1v) is 6.83. The highest BCUT2D eigenvalue weighted by Crippen LogP contribution is 2.28. The molecular formula is C15H13Cl2F2N. The zero-order chi connectivity index (χ0) is 14.7. The van der Waals surface area contributed by atoms with Crippen LogP contribution in [-0.4, -0.2) is 7.05 Å². The van der Waals surface area contributed by atoms with Crippen molar-refractivity contribution < 1.29 is 8.78 Å². The fourth-order valence-corrected chi connectivity index (χ4v) is 2.45. The molecule has 0 fully saturated rings. The maximum Gasteiger partial charge on any atom is 0.146 e. The summed E-state index contributed by atoms with van der Waals surface area (Å²) >= 11 is 11.8. The Morgan fingerprint density at radius 1 is 1.10 bits per heavy atom. The number of halogens is 4. The molecule has 0 radical (unpaired) electrons. The van der Waals surface area contributed by atoms with Crippen molar-refractivity contribution in [2.45, 2.75) is 12.5 Å².